The second-order valence-electron chi connectivity index (χ2n) is 4.54. The molecule has 112 valence electrons. The lowest BCUT2D eigenvalue weighted by Crippen LogP contribution is -2.18. The largest absolute Gasteiger partial charge is 0.367 e. The van der Waals surface area contributed by atoms with Crippen LogP contribution >= 0.6 is 22.7 Å². The summed E-state index contributed by atoms with van der Waals surface area (Å²) in [5.74, 6) is -0.192. The second kappa shape index (κ2) is 7.31. The Labute approximate surface area is 136 Å². The number of anilines is 1. The molecule has 3 aromatic rings. The van der Waals surface area contributed by atoms with Crippen molar-refractivity contribution in [3.63, 3.8) is 0 Å². The molecular formula is C16H14N2O2S2. The third-order valence-electron chi connectivity index (χ3n) is 2.87. The lowest BCUT2D eigenvalue weighted by molar-refractivity contribution is -0.121. The minimum Gasteiger partial charge on any atom is -0.367 e. The van der Waals surface area contributed by atoms with Gasteiger partial charge in [0.05, 0.1) is 17.2 Å². The average molecular weight is 330 g/mol. The topological polar surface area (TPSA) is 51.2 Å². The van der Waals surface area contributed by atoms with Gasteiger partial charge in [-0.15, -0.1) is 22.7 Å². The molecule has 0 atom stereocenters. The van der Waals surface area contributed by atoms with Crippen molar-refractivity contribution in [2.45, 2.75) is 6.61 Å². The van der Waals surface area contributed by atoms with Gasteiger partial charge in [-0.3, -0.25) is 10.1 Å². The van der Waals surface area contributed by atoms with Gasteiger partial charge in [0.15, 0.2) is 5.13 Å². The molecule has 0 aliphatic carbocycles. The molecule has 0 fully saturated rings. The first-order chi connectivity index (χ1) is 10.8. The van der Waals surface area contributed by atoms with Crippen LogP contribution in [0.2, 0.25) is 0 Å². The third kappa shape index (κ3) is 4.00. The monoisotopic (exact) mass is 330 g/mol. The number of benzene rings is 1. The van der Waals surface area contributed by atoms with Crippen LogP contribution in [0.1, 0.15) is 5.56 Å². The van der Waals surface area contributed by atoms with E-state index in [2.05, 4.69) is 10.3 Å². The number of hydrogen-bond donors (Lipinski definition) is 1. The summed E-state index contributed by atoms with van der Waals surface area (Å²) >= 11 is 3.04. The first-order valence-corrected chi connectivity index (χ1v) is 8.48. The van der Waals surface area contributed by atoms with Crippen molar-refractivity contribution in [2.24, 2.45) is 0 Å². The Kier molecular flexibility index (Phi) is 4.95. The van der Waals surface area contributed by atoms with Gasteiger partial charge in [-0.2, -0.15) is 0 Å². The summed E-state index contributed by atoms with van der Waals surface area (Å²) in [5.41, 5.74) is 1.94. The van der Waals surface area contributed by atoms with Crippen molar-refractivity contribution in [2.75, 3.05) is 11.9 Å². The van der Waals surface area contributed by atoms with Crippen molar-refractivity contribution < 1.29 is 9.53 Å². The summed E-state index contributed by atoms with van der Waals surface area (Å²) < 4.78 is 5.40. The van der Waals surface area contributed by atoms with E-state index in [1.54, 1.807) is 11.3 Å². The van der Waals surface area contributed by atoms with Gasteiger partial charge < -0.3 is 4.74 Å². The van der Waals surface area contributed by atoms with Crippen LogP contribution < -0.4 is 5.32 Å². The Hall–Kier alpha value is -2.02. The molecule has 22 heavy (non-hydrogen) atoms. The molecule has 6 heteroatoms. The van der Waals surface area contributed by atoms with Crippen LogP contribution in [0.4, 0.5) is 5.13 Å². The first-order valence-electron chi connectivity index (χ1n) is 6.72. The molecule has 0 aliphatic heterocycles. The highest BCUT2D eigenvalue weighted by Crippen LogP contribution is 2.28. The van der Waals surface area contributed by atoms with E-state index >= 15 is 0 Å². The number of amides is 1. The standard InChI is InChI=1S/C16H14N2O2S2/c19-15(10-20-9-12-5-2-1-3-6-12)18-16-17-13(11-22-16)14-7-4-8-21-14/h1-8,11H,9-10H2,(H,17,18,19). The molecule has 0 saturated heterocycles. The smallest absolute Gasteiger partial charge is 0.252 e. The van der Waals surface area contributed by atoms with Crippen molar-refractivity contribution >= 4 is 33.7 Å². The lowest BCUT2D eigenvalue weighted by atomic mass is 10.2. The molecular weight excluding hydrogens is 316 g/mol. The van der Waals surface area contributed by atoms with Gasteiger partial charge in [0.1, 0.15) is 6.61 Å². The van der Waals surface area contributed by atoms with Crippen LogP contribution in [0.25, 0.3) is 10.6 Å². The van der Waals surface area contributed by atoms with E-state index in [4.69, 9.17) is 4.74 Å². The van der Waals surface area contributed by atoms with Gasteiger partial charge in [-0.05, 0) is 17.0 Å². The number of thiazole rings is 1. The van der Waals surface area contributed by atoms with E-state index in [-0.39, 0.29) is 12.5 Å². The summed E-state index contributed by atoms with van der Waals surface area (Å²) in [7, 11) is 0. The fourth-order valence-corrected chi connectivity index (χ4v) is 3.35. The zero-order chi connectivity index (χ0) is 15.2. The number of hydrogen-bond acceptors (Lipinski definition) is 5. The molecule has 1 amide bonds. The summed E-state index contributed by atoms with van der Waals surface area (Å²) in [6.45, 7) is 0.440. The van der Waals surface area contributed by atoms with Gasteiger partial charge in [-0.1, -0.05) is 36.4 Å². The highest BCUT2D eigenvalue weighted by Gasteiger charge is 2.08. The molecule has 2 aromatic heterocycles. The Morgan fingerprint density at radius 3 is 2.77 bits per heavy atom. The number of carbonyl (C=O) groups excluding carboxylic acids is 1. The van der Waals surface area contributed by atoms with E-state index in [0.717, 1.165) is 16.1 Å². The maximum absolute atomic E-state index is 11.8. The Balaban J connectivity index is 1.48. The van der Waals surface area contributed by atoms with Gasteiger partial charge >= 0.3 is 0 Å². The van der Waals surface area contributed by atoms with Crippen molar-refractivity contribution in [1.29, 1.82) is 0 Å². The zero-order valence-corrected chi connectivity index (χ0v) is 13.3. The van der Waals surface area contributed by atoms with E-state index < -0.39 is 0 Å². The number of thiophene rings is 1. The quantitative estimate of drug-likeness (QED) is 0.742. The highest BCUT2D eigenvalue weighted by atomic mass is 32.1. The van der Waals surface area contributed by atoms with Crippen LogP contribution in [0.15, 0.2) is 53.2 Å². The predicted molar refractivity (Wildman–Crippen MR) is 90.2 cm³/mol. The Morgan fingerprint density at radius 1 is 1.14 bits per heavy atom. The van der Waals surface area contributed by atoms with Crippen molar-refractivity contribution in [3.05, 3.63) is 58.8 Å². The fraction of sp³-hybridized carbons (Fsp3) is 0.125. The van der Waals surface area contributed by atoms with Gasteiger partial charge in [-0.25, -0.2) is 4.98 Å². The molecule has 0 saturated carbocycles. The van der Waals surface area contributed by atoms with Gasteiger partial charge in [0.25, 0.3) is 5.91 Å². The number of rotatable bonds is 6. The van der Waals surface area contributed by atoms with Crippen LogP contribution in [0, 0.1) is 0 Å². The fourth-order valence-electron chi connectivity index (χ4n) is 1.86. The number of ether oxygens (including phenoxy) is 1. The number of aromatic nitrogens is 1. The van der Waals surface area contributed by atoms with Crippen LogP contribution in [-0.4, -0.2) is 17.5 Å². The Bertz CT molecular complexity index is 724. The van der Waals surface area contributed by atoms with E-state index in [1.807, 2.05) is 53.2 Å². The molecule has 4 nitrogen and oxygen atoms in total. The molecule has 0 bridgehead atoms. The summed E-state index contributed by atoms with van der Waals surface area (Å²) in [4.78, 5) is 17.3. The van der Waals surface area contributed by atoms with Crippen molar-refractivity contribution in [3.8, 4) is 10.6 Å². The second-order valence-corrected chi connectivity index (χ2v) is 6.35. The van der Waals surface area contributed by atoms with Crippen LogP contribution in [-0.2, 0) is 16.1 Å². The van der Waals surface area contributed by atoms with E-state index in [9.17, 15) is 4.79 Å². The van der Waals surface area contributed by atoms with E-state index in [1.165, 1.54) is 11.3 Å². The van der Waals surface area contributed by atoms with Crippen LogP contribution in [0.3, 0.4) is 0 Å². The molecule has 2 heterocycles. The summed E-state index contributed by atoms with van der Waals surface area (Å²) in [6, 6.07) is 13.8. The van der Waals surface area contributed by atoms with E-state index in [0.29, 0.717) is 11.7 Å². The minimum absolute atomic E-state index is 0.0167. The summed E-state index contributed by atoms with van der Waals surface area (Å²) in [6.07, 6.45) is 0. The molecule has 1 N–H and O–H groups in total. The normalized spacial score (nSPS) is 10.5. The SMILES string of the molecule is O=C(COCc1ccccc1)Nc1nc(-c2cccs2)cs1. The third-order valence-corrected chi connectivity index (χ3v) is 4.52. The summed E-state index contributed by atoms with van der Waals surface area (Å²) in [5, 5.41) is 7.29. The maximum Gasteiger partial charge on any atom is 0.252 e. The molecule has 1 aromatic carbocycles. The number of nitrogens with zero attached hydrogens (tertiary/aromatic N) is 1. The zero-order valence-electron chi connectivity index (χ0n) is 11.7. The molecule has 0 spiro atoms. The average Bonchev–Trinajstić information content (AvgIpc) is 3.19. The van der Waals surface area contributed by atoms with Gasteiger partial charge in [0, 0.05) is 5.38 Å². The molecule has 0 radical (unpaired) electrons. The minimum atomic E-state index is -0.192. The number of carbonyl (C=O) groups is 1. The molecule has 0 aliphatic rings. The first kappa shape index (κ1) is 14.9. The maximum atomic E-state index is 11.8. The van der Waals surface area contributed by atoms with Crippen molar-refractivity contribution in [1.82, 2.24) is 4.98 Å². The van der Waals surface area contributed by atoms with Crippen LogP contribution in [0.5, 0.6) is 0 Å². The van der Waals surface area contributed by atoms with Gasteiger partial charge in [0.2, 0.25) is 0 Å². The Morgan fingerprint density at radius 2 is 2.00 bits per heavy atom. The predicted octanol–water partition coefficient (Wildman–Crippen LogP) is 4.03. The lowest BCUT2D eigenvalue weighted by Gasteiger charge is -2.04. The molecule has 0 unspecified atom stereocenters. The number of nitrogens with one attached hydrogen (secondary N) is 1. The molecule has 3 rings (SSSR count). The highest BCUT2D eigenvalue weighted by molar-refractivity contribution is 7.16.